The van der Waals surface area contributed by atoms with Gasteiger partial charge in [0.05, 0.1) is 0 Å². The molecule has 0 unspecified atom stereocenters. The Morgan fingerprint density at radius 2 is 1.86 bits per heavy atom. The second-order valence-electron chi connectivity index (χ2n) is 4.81. The molecule has 2 aromatic carbocycles. The van der Waals surface area contributed by atoms with Crippen LogP contribution in [-0.2, 0) is 0 Å². The number of amides is 1. The van der Waals surface area contributed by atoms with Gasteiger partial charge in [0.15, 0.2) is 0 Å². The van der Waals surface area contributed by atoms with Gasteiger partial charge in [-0.1, -0.05) is 18.2 Å². The minimum atomic E-state index is -0.426. The molecule has 0 aliphatic rings. The summed E-state index contributed by atoms with van der Waals surface area (Å²) in [6.07, 6.45) is 3.59. The lowest BCUT2D eigenvalue weighted by Crippen LogP contribution is -2.10. The SMILES string of the molecule is CNc1ccc(-c2cncc3ccc(C(N)=O)cc23)cc1. The smallest absolute Gasteiger partial charge is 0.248 e. The number of hydrogen-bond acceptors (Lipinski definition) is 3. The quantitative estimate of drug-likeness (QED) is 0.773. The van der Waals surface area contributed by atoms with E-state index in [2.05, 4.69) is 10.3 Å². The third-order valence-corrected chi connectivity index (χ3v) is 3.53. The van der Waals surface area contributed by atoms with Gasteiger partial charge in [-0.15, -0.1) is 0 Å². The Morgan fingerprint density at radius 3 is 2.52 bits per heavy atom. The van der Waals surface area contributed by atoms with E-state index in [1.807, 2.05) is 49.6 Å². The van der Waals surface area contributed by atoms with Gasteiger partial charge < -0.3 is 11.1 Å². The number of hydrogen-bond donors (Lipinski definition) is 2. The first kappa shape index (κ1) is 13.1. The zero-order chi connectivity index (χ0) is 14.8. The zero-order valence-corrected chi connectivity index (χ0v) is 11.6. The van der Waals surface area contributed by atoms with Gasteiger partial charge in [-0.2, -0.15) is 0 Å². The van der Waals surface area contributed by atoms with Crippen LogP contribution in [0.25, 0.3) is 21.9 Å². The van der Waals surface area contributed by atoms with Crippen LogP contribution in [0, 0.1) is 0 Å². The van der Waals surface area contributed by atoms with E-state index >= 15 is 0 Å². The van der Waals surface area contributed by atoms with Crippen LogP contribution >= 0.6 is 0 Å². The second-order valence-corrected chi connectivity index (χ2v) is 4.81. The summed E-state index contributed by atoms with van der Waals surface area (Å²) in [5, 5.41) is 5.04. The van der Waals surface area contributed by atoms with Crippen LogP contribution in [0.3, 0.4) is 0 Å². The van der Waals surface area contributed by atoms with Gasteiger partial charge in [-0.3, -0.25) is 9.78 Å². The van der Waals surface area contributed by atoms with Crippen molar-refractivity contribution in [1.29, 1.82) is 0 Å². The number of carbonyl (C=O) groups is 1. The Balaban J connectivity index is 2.20. The fourth-order valence-electron chi connectivity index (χ4n) is 2.36. The van der Waals surface area contributed by atoms with Crippen molar-refractivity contribution in [2.45, 2.75) is 0 Å². The van der Waals surface area contributed by atoms with Crippen LogP contribution in [0.4, 0.5) is 5.69 Å². The number of nitrogens with one attached hydrogen (secondary N) is 1. The average molecular weight is 277 g/mol. The number of pyridine rings is 1. The third kappa shape index (κ3) is 2.43. The molecule has 0 fully saturated rings. The van der Waals surface area contributed by atoms with E-state index in [4.69, 9.17) is 5.73 Å². The van der Waals surface area contributed by atoms with Crippen molar-refractivity contribution in [2.75, 3.05) is 12.4 Å². The Labute approximate surface area is 122 Å². The molecule has 3 aromatic rings. The van der Waals surface area contributed by atoms with Crippen LogP contribution in [0.1, 0.15) is 10.4 Å². The summed E-state index contributed by atoms with van der Waals surface area (Å²) in [6, 6.07) is 13.5. The van der Waals surface area contributed by atoms with Crippen LogP contribution in [0.15, 0.2) is 54.9 Å². The molecule has 104 valence electrons. The maximum absolute atomic E-state index is 11.4. The van der Waals surface area contributed by atoms with Crippen molar-refractivity contribution in [3.8, 4) is 11.1 Å². The predicted octanol–water partition coefficient (Wildman–Crippen LogP) is 3.04. The lowest BCUT2D eigenvalue weighted by molar-refractivity contribution is 0.100. The lowest BCUT2D eigenvalue weighted by Gasteiger charge is -2.08. The molecule has 21 heavy (non-hydrogen) atoms. The summed E-state index contributed by atoms with van der Waals surface area (Å²) in [5.41, 5.74) is 8.95. The molecular weight excluding hydrogens is 262 g/mol. The predicted molar refractivity (Wildman–Crippen MR) is 85.2 cm³/mol. The third-order valence-electron chi connectivity index (χ3n) is 3.53. The molecule has 3 N–H and O–H groups in total. The van der Waals surface area contributed by atoms with Crippen molar-refractivity contribution in [2.24, 2.45) is 5.73 Å². The van der Waals surface area contributed by atoms with Gasteiger partial charge in [0.1, 0.15) is 0 Å². The summed E-state index contributed by atoms with van der Waals surface area (Å²) in [6.45, 7) is 0. The first-order valence-corrected chi connectivity index (χ1v) is 6.65. The highest BCUT2D eigenvalue weighted by Crippen LogP contribution is 2.29. The minimum absolute atomic E-state index is 0.426. The Kier molecular flexibility index (Phi) is 3.28. The number of nitrogens with two attached hydrogens (primary N) is 1. The van der Waals surface area contributed by atoms with E-state index in [-0.39, 0.29) is 0 Å². The minimum Gasteiger partial charge on any atom is -0.388 e. The van der Waals surface area contributed by atoms with Gasteiger partial charge >= 0.3 is 0 Å². The number of carbonyl (C=O) groups excluding carboxylic acids is 1. The Bertz CT molecular complexity index is 810. The van der Waals surface area contributed by atoms with Crippen molar-refractivity contribution in [1.82, 2.24) is 4.98 Å². The first-order chi connectivity index (χ1) is 10.2. The topological polar surface area (TPSA) is 68.0 Å². The van der Waals surface area contributed by atoms with Gasteiger partial charge in [0, 0.05) is 41.6 Å². The molecule has 1 heterocycles. The first-order valence-electron chi connectivity index (χ1n) is 6.65. The van der Waals surface area contributed by atoms with Crippen molar-refractivity contribution >= 4 is 22.4 Å². The number of benzene rings is 2. The maximum atomic E-state index is 11.4. The molecule has 0 aliphatic heterocycles. The van der Waals surface area contributed by atoms with Crippen molar-refractivity contribution < 1.29 is 4.79 Å². The molecule has 1 aromatic heterocycles. The summed E-state index contributed by atoms with van der Waals surface area (Å²) < 4.78 is 0. The Hall–Kier alpha value is -2.88. The summed E-state index contributed by atoms with van der Waals surface area (Å²) >= 11 is 0. The fraction of sp³-hybridized carbons (Fsp3) is 0.0588. The van der Waals surface area contributed by atoms with Crippen LogP contribution in [-0.4, -0.2) is 17.9 Å². The van der Waals surface area contributed by atoms with Gasteiger partial charge in [0.2, 0.25) is 5.91 Å². The van der Waals surface area contributed by atoms with Gasteiger partial charge in [-0.25, -0.2) is 0 Å². The average Bonchev–Trinajstić information content (AvgIpc) is 2.54. The zero-order valence-electron chi connectivity index (χ0n) is 11.6. The molecule has 0 aliphatic carbocycles. The van der Waals surface area contributed by atoms with Crippen LogP contribution < -0.4 is 11.1 Å². The van der Waals surface area contributed by atoms with Crippen LogP contribution in [0.2, 0.25) is 0 Å². The molecule has 1 amide bonds. The number of anilines is 1. The molecule has 0 spiro atoms. The summed E-state index contributed by atoms with van der Waals surface area (Å²) in [7, 11) is 1.88. The molecule has 0 radical (unpaired) electrons. The largest absolute Gasteiger partial charge is 0.388 e. The molecule has 4 nitrogen and oxygen atoms in total. The van der Waals surface area contributed by atoms with E-state index < -0.39 is 5.91 Å². The van der Waals surface area contributed by atoms with E-state index in [1.165, 1.54) is 0 Å². The molecule has 0 atom stereocenters. The highest BCUT2D eigenvalue weighted by atomic mass is 16.1. The highest BCUT2D eigenvalue weighted by molar-refractivity contribution is 6.02. The molecule has 0 saturated carbocycles. The summed E-state index contributed by atoms with van der Waals surface area (Å²) in [5.74, 6) is -0.426. The fourth-order valence-corrected chi connectivity index (χ4v) is 2.36. The monoisotopic (exact) mass is 277 g/mol. The number of primary amides is 1. The number of fused-ring (bicyclic) bond motifs is 1. The number of rotatable bonds is 3. The molecular formula is C17H15N3O. The van der Waals surface area contributed by atoms with E-state index in [0.29, 0.717) is 5.56 Å². The van der Waals surface area contributed by atoms with Crippen LogP contribution in [0.5, 0.6) is 0 Å². The Morgan fingerprint density at radius 1 is 1.10 bits per heavy atom. The van der Waals surface area contributed by atoms with Crippen molar-refractivity contribution in [3.63, 3.8) is 0 Å². The molecule has 0 saturated heterocycles. The molecule has 4 heteroatoms. The van der Waals surface area contributed by atoms with Gasteiger partial charge in [0.25, 0.3) is 0 Å². The van der Waals surface area contributed by atoms with E-state index in [9.17, 15) is 4.79 Å². The van der Waals surface area contributed by atoms with Crippen molar-refractivity contribution in [3.05, 3.63) is 60.4 Å². The normalized spacial score (nSPS) is 10.5. The molecule has 3 rings (SSSR count). The number of aromatic nitrogens is 1. The molecule has 0 bridgehead atoms. The standard InChI is InChI=1S/C17H15N3O/c1-19-14-6-4-11(5-7-14)16-10-20-9-13-3-2-12(17(18)21)8-15(13)16/h2-10,19H,1H3,(H2,18,21). The second kappa shape index (κ2) is 5.25. The lowest BCUT2D eigenvalue weighted by atomic mass is 9.99. The van der Waals surface area contributed by atoms with E-state index in [0.717, 1.165) is 27.6 Å². The maximum Gasteiger partial charge on any atom is 0.248 e. The van der Waals surface area contributed by atoms with E-state index in [1.54, 1.807) is 12.3 Å². The van der Waals surface area contributed by atoms with Gasteiger partial charge in [-0.05, 0) is 35.2 Å². The highest BCUT2D eigenvalue weighted by Gasteiger charge is 2.07. The summed E-state index contributed by atoms with van der Waals surface area (Å²) in [4.78, 5) is 15.6. The number of nitrogens with zero attached hydrogens (tertiary/aromatic N) is 1.